The molecule has 0 atom stereocenters. The molecule has 4 heteroatoms. The molecule has 3 aromatic rings. The molecule has 0 unspecified atom stereocenters. The summed E-state index contributed by atoms with van der Waals surface area (Å²) in [6.45, 7) is 5.73. The molecular weight excluding hydrogens is 338 g/mol. The third-order valence-corrected chi connectivity index (χ3v) is 5.67. The van der Waals surface area contributed by atoms with Gasteiger partial charge in [0.15, 0.2) is 0 Å². The summed E-state index contributed by atoms with van der Waals surface area (Å²) in [6, 6.07) is 23.6. The quantitative estimate of drug-likeness (QED) is 0.690. The van der Waals surface area contributed by atoms with Crippen molar-refractivity contribution in [3.8, 4) is 0 Å². The summed E-state index contributed by atoms with van der Waals surface area (Å²) >= 11 is 1.71. The van der Waals surface area contributed by atoms with Crippen LogP contribution in [0.2, 0.25) is 0 Å². The number of hydrogen-bond donors (Lipinski definition) is 1. The second-order valence-corrected chi connectivity index (χ2v) is 7.67. The lowest BCUT2D eigenvalue weighted by atomic mass is 10.2. The van der Waals surface area contributed by atoms with Crippen molar-refractivity contribution < 1.29 is 4.90 Å². The molecule has 0 aliphatic carbocycles. The van der Waals surface area contributed by atoms with Crippen molar-refractivity contribution in [3.63, 3.8) is 0 Å². The van der Waals surface area contributed by atoms with Gasteiger partial charge < -0.3 is 9.80 Å². The van der Waals surface area contributed by atoms with Gasteiger partial charge in [-0.15, -0.1) is 11.3 Å². The lowest BCUT2D eigenvalue weighted by molar-refractivity contribution is -0.914. The van der Waals surface area contributed by atoms with E-state index in [2.05, 4.69) is 82.0 Å². The van der Waals surface area contributed by atoms with Gasteiger partial charge in [0.05, 0.1) is 31.9 Å². The molecule has 0 amide bonds. The number of piperazine rings is 1. The normalized spacial score (nSPS) is 15.6. The van der Waals surface area contributed by atoms with Crippen molar-refractivity contribution in [3.05, 3.63) is 82.6 Å². The Kier molecular flexibility index (Phi) is 5.43. The Labute approximate surface area is 159 Å². The van der Waals surface area contributed by atoms with Crippen LogP contribution < -0.4 is 9.80 Å². The fourth-order valence-electron chi connectivity index (χ4n) is 3.39. The number of quaternary nitrogens is 1. The van der Waals surface area contributed by atoms with Crippen molar-refractivity contribution in [1.82, 2.24) is 0 Å². The zero-order chi connectivity index (χ0) is 17.6. The summed E-state index contributed by atoms with van der Waals surface area (Å²) in [7, 11) is 0. The van der Waals surface area contributed by atoms with E-state index in [0.717, 1.165) is 25.3 Å². The Balaban J connectivity index is 1.31. The van der Waals surface area contributed by atoms with Gasteiger partial charge in [0.1, 0.15) is 6.54 Å². The monoisotopic (exact) mass is 362 g/mol. The van der Waals surface area contributed by atoms with Gasteiger partial charge in [-0.05, 0) is 35.7 Å². The second-order valence-electron chi connectivity index (χ2n) is 6.69. The van der Waals surface area contributed by atoms with Crippen molar-refractivity contribution in [2.45, 2.75) is 6.54 Å². The number of aliphatic imine (C=N–C) groups is 1. The van der Waals surface area contributed by atoms with Gasteiger partial charge in [-0.25, -0.2) is 0 Å². The highest BCUT2D eigenvalue weighted by Crippen LogP contribution is 2.20. The summed E-state index contributed by atoms with van der Waals surface area (Å²) in [5.74, 6) is 0. The largest absolute Gasteiger partial charge is 0.360 e. The van der Waals surface area contributed by atoms with Crippen LogP contribution in [0.5, 0.6) is 0 Å². The van der Waals surface area contributed by atoms with Gasteiger partial charge in [0, 0.05) is 22.3 Å². The van der Waals surface area contributed by atoms with Crippen LogP contribution in [0.1, 0.15) is 10.4 Å². The second kappa shape index (κ2) is 8.30. The predicted molar refractivity (Wildman–Crippen MR) is 111 cm³/mol. The summed E-state index contributed by atoms with van der Waals surface area (Å²) in [5, 5.41) is 2.07. The molecular formula is C22H24N3S+. The Hall–Kier alpha value is -2.43. The summed E-state index contributed by atoms with van der Waals surface area (Å²) in [6.07, 6.45) is 1.94. The molecule has 1 aromatic heterocycles. The topological polar surface area (TPSA) is 20.0 Å². The zero-order valence-corrected chi connectivity index (χ0v) is 15.7. The van der Waals surface area contributed by atoms with Gasteiger partial charge in [0.2, 0.25) is 0 Å². The molecule has 0 radical (unpaired) electrons. The Morgan fingerprint density at radius 2 is 1.69 bits per heavy atom. The number of nitrogens with zero attached hydrogens (tertiary/aromatic N) is 2. The van der Waals surface area contributed by atoms with Crippen molar-refractivity contribution in [2.75, 3.05) is 31.1 Å². The highest BCUT2D eigenvalue weighted by atomic mass is 32.1. The zero-order valence-electron chi connectivity index (χ0n) is 14.8. The molecule has 0 saturated carbocycles. The van der Waals surface area contributed by atoms with Crippen molar-refractivity contribution in [1.29, 1.82) is 0 Å². The van der Waals surface area contributed by atoms with E-state index in [9.17, 15) is 0 Å². The number of hydrogen-bond acceptors (Lipinski definition) is 3. The maximum absolute atomic E-state index is 4.56. The molecule has 2 aromatic carbocycles. The van der Waals surface area contributed by atoms with E-state index in [-0.39, 0.29) is 0 Å². The first-order valence-corrected chi connectivity index (χ1v) is 10.0. The van der Waals surface area contributed by atoms with E-state index in [1.54, 1.807) is 16.2 Å². The van der Waals surface area contributed by atoms with Crippen LogP contribution in [-0.2, 0) is 6.54 Å². The number of thiophene rings is 1. The molecule has 1 aliphatic heterocycles. The molecule has 26 heavy (non-hydrogen) atoms. The van der Waals surface area contributed by atoms with Crippen LogP contribution in [0, 0.1) is 0 Å². The molecule has 2 heterocycles. The molecule has 1 N–H and O–H groups in total. The summed E-state index contributed by atoms with van der Waals surface area (Å²) in [4.78, 5) is 9.90. The minimum atomic E-state index is 1.01. The predicted octanol–water partition coefficient (Wildman–Crippen LogP) is 3.40. The Morgan fingerprint density at radius 3 is 2.38 bits per heavy atom. The molecule has 0 spiro atoms. The SMILES string of the molecule is C(=Nc1ccc(N2CC[NH+](Cc3ccccc3)CC2)cc1)c1cccs1. The van der Waals surface area contributed by atoms with E-state index in [1.165, 1.54) is 29.2 Å². The average molecular weight is 363 g/mol. The molecule has 132 valence electrons. The maximum atomic E-state index is 4.56. The summed E-state index contributed by atoms with van der Waals surface area (Å²) < 4.78 is 0. The average Bonchev–Trinajstić information content (AvgIpc) is 3.22. The summed E-state index contributed by atoms with van der Waals surface area (Å²) in [5.41, 5.74) is 3.75. The van der Waals surface area contributed by atoms with Gasteiger partial charge >= 0.3 is 0 Å². The van der Waals surface area contributed by atoms with Crippen molar-refractivity contribution in [2.24, 2.45) is 4.99 Å². The molecule has 3 nitrogen and oxygen atoms in total. The lowest BCUT2D eigenvalue weighted by Crippen LogP contribution is -3.13. The third-order valence-electron chi connectivity index (χ3n) is 4.87. The third kappa shape index (κ3) is 4.40. The Morgan fingerprint density at radius 1 is 0.923 bits per heavy atom. The van der Waals surface area contributed by atoms with Gasteiger partial charge in [0.25, 0.3) is 0 Å². The standard InChI is InChI=1S/C22H23N3S/c1-2-5-19(6-3-1)18-24-12-14-25(15-13-24)21-10-8-20(9-11-21)23-17-22-7-4-16-26-22/h1-11,16-17H,12-15,18H2/p+1. The van der Waals surface area contributed by atoms with E-state index < -0.39 is 0 Å². The van der Waals surface area contributed by atoms with Crippen LogP contribution in [0.25, 0.3) is 0 Å². The highest BCUT2D eigenvalue weighted by molar-refractivity contribution is 7.11. The Bertz CT molecular complexity index is 818. The minimum Gasteiger partial charge on any atom is -0.360 e. The molecule has 1 saturated heterocycles. The van der Waals surface area contributed by atoms with E-state index in [0.29, 0.717) is 0 Å². The molecule has 1 fully saturated rings. The first-order valence-electron chi connectivity index (χ1n) is 9.17. The molecule has 0 bridgehead atoms. The molecule has 1 aliphatic rings. The van der Waals surface area contributed by atoms with E-state index in [1.807, 2.05) is 6.21 Å². The molecule has 4 rings (SSSR count). The first kappa shape index (κ1) is 17.0. The first-order chi connectivity index (χ1) is 12.9. The number of nitrogens with one attached hydrogen (secondary N) is 1. The van der Waals surface area contributed by atoms with Crippen LogP contribution in [0.3, 0.4) is 0 Å². The van der Waals surface area contributed by atoms with Gasteiger partial charge in [-0.2, -0.15) is 0 Å². The fourth-order valence-corrected chi connectivity index (χ4v) is 3.98. The highest BCUT2D eigenvalue weighted by Gasteiger charge is 2.20. The van der Waals surface area contributed by atoms with Gasteiger partial charge in [-0.3, -0.25) is 4.99 Å². The number of rotatable bonds is 5. The van der Waals surface area contributed by atoms with Crippen molar-refractivity contribution >= 4 is 28.9 Å². The van der Waals surface area contributed by atoms with Crippen LogP contribution in [0.15, 0.2) is 77.1 Å². The van der Waals surface area contributed by atoms with Crippen LogP contribution in [-0.4, -0.2) is 32.4 Å². The van der Waals surface area contributed by atoms with E-state index >= 15 is 0 Å². The maximum Gasteiger partial charge on any atom is 0.103 e. The van der Waals surface area contributed by atoms with Gasteiger partial charge in [-0.1, -0.05) is 36.4 Å². The number of benzene rings is 2. The smallest absolute Gasteiger partial charge is 0.103 e. The van der Waals surface area contributed by atoms with Crippen LogP contribution >= 0.6 is 11.3 Å². The lowest BCUT2D eigenvalue weighted by Gasteiger charge is -2.33. The minimum absolute atomic E-state index is 1.01. The van der Waals surface area contributed by atoms with E-state index in [4.69, 9.17) is 0 Å². The van der Waals surface area contributed by atoms with Crippen LogP contribution in [0.4, 0.5) is 11.4 Å². The number of anilines is 1. The fraction of sp³-hybridized carbons (Fsp3) is 0.227.